The molecule has 5 nitrogen and oxygen atoms in total. The second kappa shape index (κ2) is 6.62. The number of aromatic nitrogens is 2. The fourth-order valence-electron chi connectivity index (χ4n) is 2.65. The van der Waals surface area contributed by atoms with Gasteiger partial charge in [0.2, 0.25) is 0 Å². The minimum Gasteiger partial charge on any atom is -0.354 e. The standard InChI is InChI=1S/C18H14F3N3O2/c1-22-16(25)15-13-7-2-3-8-14(13)17(26)24(23-15)10-11-5-4-6-12(9-11)18(19,20)21/h2-9H,10H2,1H3,(H,22,25). The van der Waals surface area contributed by atoms with Crippen molar-refractivity contribution in [2.45, 2.75) is 12.7 Å². The Morgan fingerprint density at radius 2 is 1.81 bits per heavy atom. The second-order valence-corrected chi connectivity index (χ2v) is 5.63. The van der Waals surface area contributed by atoms with Crippen LogP contribution in [0.15, 0.2) is 53.3 Å². The third-order valence-corrected chi connectivity index (χ3v) is 3.90. The van der Waals surface area contributed by atoms with Crippen molar-refractivity contribution >= 4 is 16.7 Å². The van der Waals surface area contributed by atoms with Crippen LogP contribution in [0.2, 0.25) is 0 Å². The lowest BCUT2D eigenvalue weighted by molar-refractivity contribution is -0.137. The molecule has 0 aliphatic heterocycles. The predicted octanol–water partition coefficient (Wildman–Crippen LogP) is 2.82. The Hall–Kier alpha value is -3.16. The summed E-state index contributed by atoms with van der Waals surface area (Å²) in [6.07, 6.45) is -4.48. The fourth-order valence-corrected chi connectivity index (χ4v) is 2.65. The largest absolute Gasteiger partial charge is 0.416 e. The van der Waals surface area contributed by atoms with Gasteiger partial charge in [-0.15, -0.1) is 0 Å². The van der Waals surface area contributed by atoms with Gasteiger partial charge in [0.05, 0.1) is 17.5 Å². The van der Waals surface area contributed by atoms with Crippen molar-refractivity contribution in [1.82, 2.24) is 15.1 Å². The molecule has 1 amide bonds. The molecule has 0 saturated carbocycles. The SMILES string of the molecule is CNC(=O)c1nn(Cc2cccc(C(F)(F)F)c2)c(=O)c2ccccc12. The van der Waals surface area contributed by atoms with E-state index in [1.165, 1.54) is 19.2 Å². The van der Waals surface area contributed by atoms with Gasteiger partial charge in [0.25, 0.3) is 11.5 Å². The van der Waals surface area contributed by atoms with E-state index in [1.807, 2.05) is 0 Å². The average molecular weight is 361 g/mol. The highest BCUT2D eigenvalue weighted by Gasteiger charge is 2.30. The molecule has 1 heterocycles. The molecule has 0 saturated heterocycles. The molecule has 0 bridgehead atoms. The highest BCUT2D eigenvalue weighted by Crippen LogP contribution is 2.29. The molecule has 0 aliphatic rings. The smallest absolute Gasteiger partial charge is 0.354 e. The monoisotopic (exact) mass is 361 g/mol. The third-order valence-electron chi connectivity index (χ3n) is 3.90. The first kappa shape index (κ1) is 17.7. The number of carbonyl (C=O) groups is 1. The lowest BCUT2D eigenvalue weighted by Crippen LogP contribution is -2.29. The molecule has 1 aromatic heterocycles. The van der Waals surface area contributed by atoms with E-state index in [0.717, 1.165) is 16.8 Å². The maximum absolute atomic E-state index is 12.9. The summed E-state index contributed by atoms with van der Waals surface area (Å²) in [5.41, 5.74) is -0.997. The van der Waals surface area contributed by atoms with Gasteiger partial charge in [0, 0.05) is 12.4 Å². The first-order valence-electron chi connectivity index (χ1n) is 7.69. The second-order valence-electron chi connectivity index (χ2n) is 5.63. The molecule has 8 heteroatoms. The average Bonchev–Trinajstić information content (AvgIpc) is 2.63. The van der Waals surface area contributed by atoms with Crippen molar-refractivity contribution in [3.05, 3.63) is 75.7 Å². The molecule has 134 valence electrons. The van der Waals surface area contributed by atoms with Gasteiger partial charge in [0.1, 0.15) is 0 Å². The Morgan fingerprint density at radius 3 is 2.46 bits per heavy atom. The van der Waals surface area contributed by atoms with Gasteiger partial charge < -0.3 is 5.32 Å². The van der Waals surface area contributed by atoms with Crippen molar-refractivity contribution < 1.29 is 18.0 Å². The van der Waals surface area contributed by atoms with Crippen LogP contribution in [-0.4, -0.2) is 22.7 Å². The zero-order valence-electron chi connectivity index (χ0n) is 13.7. The molecule has 26 heavy (non-hydrogen) atoms. The third kappa shape index (κ3) is 3.30. The molecule has 0 spiro atoms. The van der Waals surface area contributed by atoms with E-state index in [9.17, 15) is 22.8 Å². The summed E-state index contributed by atoms with van der Waals surface area (Å²) < 4.78 is 39.6. The maximum atomic E-state index is 12.9. The van der Waals surface area contributed by atoms with Gasteiger partial charge in [-0.3, -0.25) is 9.59 Å². The van der Waals surface area contributed by atoms with Gasteiger partial charge in [-0.2, -0.15) is 18.3 Å². The quantitative estimate of drug-likeness (QED) is 0.780. The number of nitrogens with zero attached hydrogens (tertiary/aromatic N) is 2. The van der Waals surface area contributed by atoms with Crippen LogP contribution in [0.4, 0.5) is 13.2 Å². The summed E-state index contributed by atoms with van der Waals surface area (Å²) >= 11 is 0. The summed E-state index contributed by atoms with van der Waals surface area (Å²) in [6, 6.07) is 11.1. The van der Waals surface area contributed by atoms with Crippen molar-refractivity contribution in [2.75, 3.05) is 7.05 Å². The van der Waals surface area contributed by atoms with E-state index in [4.69, 9.17) is 0 Å². The van der Waals surface area contributed by atoms with E-state index in [2.05, 4.69) is 10.4 Å². The van der Waals surface area contributed by atoms with Crippen LogP contribution in [0.5, 0.6) is 0 Å². The number of rotatable bonds is 3. The summed E-state index contributed by atoms with van der Waals surface area (Å²) in [5.74, 6) is -0.487. The molecule has 0 atom stereocenters. The Labute approximate surface area is 146 Å². The van der Waals surface area contributed by atoms with Crippen LogP contribution in [-0.2, 0) is 12.7 Å². The van der Waals surface area contributed by atoms with Gasteiger partial charge in [-0.1, -0.05) is 30.3 Å². The predicted molar refractivity (Wildman–Crippen MR) is 89.9 cm³/mol. The number of nitrogens with one attached hydrogen (secondary N) is 1. The number of fused-ring (bicyclic) bond motifs is 1. The van der Waals surface area contributed by atoms with Crippen LogP contribution in [0.3, 0.4) is 0 Å². The Kier molecular flexibility index (Phi) is 4.50. The molecule has 0 radical (unpaired) electrons. The molecule has 3 rings (SSSR count). The van der Waals surface area contributed by atoms with E-state index < -0.39 is 23.2 Å². The first-order chi connectivity index (χ1) is 12.3. The van der Waals surface area contributed by atoms with Crippen molar-refractivity contribution in [3.8, 4) is 0 Å². The molecule has 0 fully saturated rings. The summed E-state index contributed by atoms with van der Waals surface area (Å²) in [6.45, 7) is -0.183. The highest BCUT2D eigenvalue weighted by molar-refractivity contribution is 6.04. The number of amides is 1. The number of benzene rings is 2. The van der Waals surface area contributed by atoms with Crippen molar-refractivity contribution in [2.24, 2.45) is 0 Å². The zero-order chi connectivity index (χ0) is 18.9. The molecule has 0 aliphatic carbocycles. The van der Waals surface area contributed by atoms with Crippen LogP contribution in [0.1, 0.15) is 21.6 Å². The normalized spacial score (nSPS) is 11.5. The van der Waals surface area contributed by atoms with Gasteiger partial charge in [0.15, 0.2) is 5.69 Å². The topological polar surface area (TPSA) is 64.0 Å². The van der Waals surface area contributed by atoms with Gasteiger partial charge in [-0.05, 0) is 23.8 Å². The van der Waals surface area contributed by atoms with Crippen molar-refractivity contribution in [3.63, 3.8) is 0 Å². The number of carbonyl (C=O) groups excluding carboxylic acids is 1. The van der Waals surface area contributed by atoms with Crippen LogP contribution in [0.25, 0.3) is 10.8 Å². The van der Waals surface area contributed by atoms with Crippen LogP contribution < -0.4 is 10.9 Å². The number of alkyl halides is 3. The Bertz CT molecular complexity index is 1040. The fraction of sp³-hybridized carbons (Fsp3) is 0.167. The van der Waals surface area contributed by atoms with Crippen molar-refractivity contribution in [1.29, 1.82) is 0 Å². The molecule has 1 N–H and O–H groups in total. The summed E-state index contributed by atoms with van der Waals surface area (Å²) in [4.78, 5) is 24.7. The molecule has 3 aromatic rings. The number of hydrogen-bond acceptors (Lipinski definition) is 3. The van der Waals surface area contributed by atoms with Gasteiger partial charge in [-0.25, -0.2) is 4.68 Å². The zero-order valence-corrected chi connectivity index (χ0v) is 13.7. The van der Waals surface area contributed by atoms with Crippen LogP contribution >= 0.6 is 0 Å². The van der Waals surface area contributed by atoms with E-state index in [1.54, 1.807) is 24.3 Å². The highest BCUT2D eigenvalue weighted by atomic mass is 19.4. The first-order valence-corrected chi connectivity index (χ1v) is 7.69. The maximum Gasteiger partial charge on any atom is 0.416 e. The Balaban J connectivity index is 2.13. The molecular weight excluding hydrogens is 347 g/mol. The number of halogens is 3. The van der Waals surface area contributed by atoms with Crippen LogP contribution in [0, 0.1) is 0 Å². The molecule has 2 aromatic carbocycles. The Morgan fingerprint density at radius 1 is 1.12 bits per heavy atom. The number of hydrogen-bond donors (Lipinski definition) is 1. The summed E-state index contributed by atoms with van der Waals surface area (Å²) in [5, 5.41) is 7.17. The molecular formula is C18H14F3N3O2. The minimum absolute atomic E-state index is 0.0367. The van der Waals surface area contributed by atoms with Gasteiger partial charge >= 0.3 is 6.18 Å². The van der Waals surface area contributed by atoms with E-state index in [0.29, 0.717) is 5.39 Å². The van der Waals surface area contributed by atoms with E-state index >= 15 is 0 Å². The van der Waals surface area contributed by atoms with E-state index in [-0.39, 0.29) is 23.2 Å². The lowest BCUT2D eigenvalue weighted by atomic mass is 10.1. The minimum atomic E-state index is -4.48. The summed E-state index contributed by atoms with van der Waals surface area (Å²) in [7, 11) is 1.43. The molecule has 0 unspecified atom stereocenters. The lowest BCUT2D eigenvalue weighted by Gasteiger charge is -2.12.